The maximum absolute atomic E-state index is 12.5. The van der Waals surface area contributed by atoms with Gasteiger partial charge < -0.3 is 5.32 Å². The fourth-order valence-corrected chi connectivity index (χ4v) is 4.61. The smallest absolute Gasteiger partial charge is 0.232 e. The van der Waals surface area contributed by atoms with E-state index in [1.807, 2.05) is 0 Å². The fourth-order valence-electron chi connectivity index (χ4n) is 4.61. The van der Waals surface area contributed by atoms with Gasteiger partial charge in [0.1, 0.15) is 0 Å². The van der Waals surface area contributed by atoms with Gasteiger partial charge in [0.2, 0.25) is 17.7 Å². The minimum Gasteiger partial charge on any atom is -0.349 e. The Labute approximate surface area is 163 Å². The first kappa shape index (κ1) is 21.6. The largest absolute Gasteiger partial charge is 0.349 e. The van der Waals surface area contributed by atoms with Crippen molar-refractivity contribution >= 4 is 17.7 Å². The topological polar surface area (TPSA) is 75.3 Å². The first-order chi connectivity index (χ1) is 13.0. The summed E-state index contributed by atoms with van der Waals surface area (Å²) < 4.78 is 0. The van der Waals surface area contributed by atoms with Gasteiger partial charge in [-0.1, -0.05) is 70.4 Å². The van der Waals surface area contributed by atoms with Crippen LogP contribution in [0.1, 0.15) is 85.0 Å². The van der Waals surface area contributed by atoms with Crippen molar-refractivity contribution in [1.82, 2.24) is 10.6 Å². The molecule has 27 heavy (non-hydrogen) atoms. The van der Waals surface area contributed by atoms with Crippen molar-refractivity contribution in [2.45, 2.75) is 91.0 Å². The SMILES string of the molecule is CCCCCCC1=CC(CCCCCC)C2C(=O)NC(=O)C2C1NC(C)=O. The zero-order chi connectivity index (χ0) is 19.8. The second-order valence-corrected chi connectivity index (χ2v) is 8.15. The quantitative estimate of drug-likeness (QED) is 0.326. The lowest BCUT2D eigenvalue weighted by Crippen LogP contribution is -2.49. The van der Waals surface area contributed by atoms with Crippen molar-refractivity contribution < 1.29 is 14.4 Å². The lowest BCUT2D eigenvalue weighted by molar-refractivity contribution is -0.126. The molecule has 2 N–H and O–H groups in total. The van der Waals surface area contributed by atoms with Crippen LogP contribution in [0.15, 0.2) is 11.6 Å². The summed E-state index contributed by atoms with van der Waals surface area (Å²) in [7, 11) is 0. The van der Waals surface area contributed by atoms with Crippen LogP contribution in [-0.4, -0.2) is 23.8 Å². The number of allylic oxidation sites excluding steroid dienone is 1. The highest BCUT2D eigenvalue weighted by Crippen LogP contribution is 2.41. The second kappa shape index (κ2) is 10.6. The summed E-state index contributed by atoms with van der Waals surface area (Å²) in [6, 6.07) is -0.340. The van der Waals surface area contributed by atoms with Crippen LogP contribution in [0.3, 0.4) is 0 Å². The molecule has 3 amide bonds. The Balaban J connectivity index is 2.21. The van der Waals surface area contributed by atoms with Crippen LogP contribution in [-0.2, 0) is 14.4 Å². The van der Waals surface area contributed by atoms with Crippen LogP contribution in [0.25, 0.3) is 0 Å². The van der Waals surface area contributed by atoms with Gasteiger partial charge >= 0.3 is 0 Å². The Morgan fingerprint density at radius 3 is 2.22 bits per heavy atom. The molecule has 0 aromatic carbocycles. The number of carbonyl (C=O) groups is 3. The highest BCUT2D eigenvalue weighted by molar-refractivity contribution is 6.06. The van der Waals surface area contributed by atoms with E-state index >= 15 is 0 Å². The number of amides is 3. The van der Waals surface area contributed by atoms with E-state index in [9.17, 15) is 14.4 Å². The molecular formula is C22H36N2O3. The Morgan fingerprint density at radius 1 is 0.963 bits per heavy atom. The Bertz CT molecular complexity index is 570. The Kier molecular flexibility index (Phi) is 8.52. The van der Waals surface area contributed by atoms with Crippen LogP contribution in [0.4, 0.5) is 0 Å². The van der Waals surface area contributed by atoms with E-state index in [4.69, 9.17) is 0 Å². The van der Waals surface area contributed by atoms with E-state index in [1.54, 1.807) is 0 Å². The lowest BCUT2D eigenvalue weighted by Gasteiger charge is -2.37. The predicted molar refractivity (Wildman–Crippen MR) is 107 cm³/mol. The maximum Gasteiger partial charge on any atom is 0.232 e. The monoisotopic (exact) mass is 376 g/mol. The number of hydrogen-bond acceptors (Lipinski definition) is 3. The molecule has 1 heterocycles. The third-order valence-electron chi connectivity index (χ3n) is 5.96. The van der Waals surface area contributed by atoms with E-state index in [2.05, 4.69) is 30.6 Å². The van der Waals surface area contributed by atoms with Gasteiger partial charge in [-0.25, -0.2) is 0 Å². The van der Waals surface area contributed by atoms with Crippen LogP contribution in [0, 0.1) is 17.8 Å². The molecule has 0 aromatic heterocycles. The second-order valence-electron chi connectivity index (χ2n) is 8.15. The zero-order valence-corrected chi connectivity index (χ0v) is 17.2. The molecule has 4 atom stereocenters. The number of fused-ring (bicyclic) bond motifs is 1. The van der Waals surface area contributed by atoms with Crippen molar-refractivity contribution in [3.05, 3.63) is 11.6 Å². The number of imide groups is 1. The molecule has 0 bridgehead atoms. The van der Waals surface area contributed by atoms with Gasteiger partial charge in [0.15, 0.2) is 0 Å². The van der Waals surface area contributed by atoms with Crippen molar-refractivity contribution in [1.29, 1.82) is 0 Å². The first-order valence-corrected chi connectivity index (χ1v) is 10.8. The summed E-state index contributed by atoms with van der Waals surface area (Å²) in [6.07, 6.45) is 13.3. The van der Waals surface area contributed by atoms with E-state index < -0.39 is 5.92 Å². The number of nitrogens with one attached hydrogen (secondary N) is 2. The van der Waals surface area contributed by atoms with Crippen LogP contribution < -0.4 is 10.6 Å². The van der Waals surface area contributed by atoms with Gasteiger partial charge in [0.25, 0.3) is 0 Å². The minimum atomic E-state index is -0.455. The molecule has 0 radical (unpaired) electrons. The lowest BCUT2D eigenvalue weighted by atomic mass is 9.69. The van der Waals surface area contributed by atoms with Gasteiger partial charge in [-0.2, -0.15) is 0 Å². The summed E-state index contributed by atoms with van der Waals surface area (Å²) in [5.41, 5.74) is 1.15. The van der Waals surface area contributed by atoms with Gasteiger partial charge in [0, 0.05) is 6.92 Å². The van der Waals surface area contributed by atoms with Crippen molar-refractivity contribution in [2.75, 3.05) is 0 Å². The molecule has 2 aliphatic rings. The average molecular weight is 377 g/mol. The fraction of sp³-hybridized carbons (Fsp3) is 0.773. The van der Waals surface area contributed by atoms with E-state index in [1.165, 1.54) is 32.6 Å². The standard InChI is InChI=1S/C22H36N2O3/c1-4-6-8-10-12-16-14-17(13-11-9-7-5-2)20(23-15(3)25)19-18(16)21(26)24-22(19)27/h14,16,18-20H,4-13H2,1-3H3,(H,23,25)(H,24,26,27). The van der Waals surface area contributed by atoms with Gasteiger partial charge in [0.05, 0.1) is 17.9 Å². The van der Waals surface area contributed by atoms with Crippen molar-refractivity contribution in [3.63, 3.8) is 0 Å². The van der Waals surface area contributed by atoms with Crippen LogP contribution in [0.5, 0.6) is 0 Å². The Morgan fingerprint density at radius 2 is 1.59 bits per heavy atom. The molecule has 2 rings (SSSR count). The number of hydrogen-bond donors (Lipinski definition) is 2. The van der Waals surface area contributed by atoms with Gasteiger partial charge in [-0.3, -0.25) is 19.7 Å². The number of rotatable bonds is 11. The summed E-state index contributed by atoms with van der Waals surface area (Å²) >= 11 is 0. The average Bonchev–Trinajstić information content (AvgIpc) is 2.92. The highest BCUT2D eigenvalue weighted by atomic mass is 16.2. The molecule has 1 aliphatic heterocycles. The molecule has 4 unspecified atom stereocenters. The van der Waals surface area contributed by atoms with Gasteiger partial charge in [-0.05, 0) is 25.2 Å². The first-order valence-electron chi connectivity index (χ1n) is 10.8. The maximum atomic E-state index is 12.5. The van der Waals surface area contributed by atoms with Crippen LogP contribution in [0.2, 0.25) is 0 Å². The number of unbranched alkanes of at least 4 members (excludes halogenated alkanes) is 6. The highest BCUT2D eigenvalue weighted by Gasteiger charge is 2.52. The normalized spacial score (nSPS) is 27.1. The zero-order valence-electron chi connectivity index (χ0n) is 17.2. The van der Waals surface area contributed by atoms with Gasteiger partial charge in [-0.15, -0.1) is 0 Å². The molecular weight excluding hydrogens is 340 g/mol. The molecule has 0 aromatic rings. The molecule has 5 heteroatoms. The van der Waals surface area contributed by atoms with E-state index in [0.29, 0.717) is 0 Å². The predicted octanol–water partition coefficient (Wildman–Crippen LogP) is 3.88. The summed E-state index contributed by atoms with van der Waals surface area (Å²) in [4.78, 5) is 36.8. The molecule has 0 saturated carbocycles. The third kappa shape index (κ3) is 5.66. The van der Waals surface area contributed by atoms with Crippen molar-refractivity contribution in [3.8, 4) is 0 Å². The van der Waals surface area contributed by atoms with E-state index in [0.717, 1.165) is 44.1 Å². The summed E-state index contributed by atoms with van der Waals surface area (Å²) in [5, 5.41) is 5.50. The summed E-state index contributed by atoms with van der Waals surface area (Å²) in [5.74, 6) is -1.22. The Hall–Kier alpha value is -1.65. The molecule has 1 fully saturated rings. The van der Waals surface area contributed by atoms with Crippen LogP contribution >= 0.6 is 0 Å². The number of carbonyl (C=O) groups excluding carboxylic acids is 3. The minimum absolute atomic E-state index is 0.101. The molecule has 1 saturated heterocycles. The molecule has 5 nitrogen and oxygen atoms in total. The van der Waals surface area contributed by atoms with Crippen molar-refractivity contribution in [2.24, 2.45) is 17.8 Å². The summed E-state index contributed by atoms with van der Waals surface area (Å²) in [6.45, 7) is 5.85. The molecule has 152 valence electrons. The third-order valence-corrected chi connectivity index (χ3v) is 5.96. The van der Waals surface area contributed by atoms with E-state index in [-0.39, 0.29) is 35.6 Å². The molecule has 1 aliphatic carbocycles. The molecule has 0 spiro atoms.